The minimum atomic E-state index is -1.10. The molecule has 0 aliphatic rings. The van der Waals surface area contributed by atoms with Gasteiger partial charge in [-0.25, -0.2) is 4.98 Å². The van der Waals surface area contributed by atoms with E-state index in [-0.39, 0.29) is 11.3 Å². The summed E-state index contributed by atoms with van der Waals surface area (Å²) in [5.74, 6) is 0.396. The molecular weight excluding hydrogens is 576 g/mol. The first-order chi connectivity index (χ1) is 15.9. The number of para-hydroxylation sites is 1. The van der Waals surface area contributed by atoms with Gasteiger partial charge in [0.15, 0.2) is 5.60 Å². The Kier molecular flexibility index (Phi) is 6.91. The van der Waals surface area contributed by atoms with Crippen LogP contribution in [0.25, 0.3) is 20.8 Å². The zero-order chi connectivity index (χ0) is 24.7. The van der Waals surface area contributed by atoms with E-state index in [2.05, 4.69) is 57.9 Å². The quantitative estimate of drug-likeness (QED) is 0.249. The summed E-state index contributed by atoms with van der Waals surface area (Å²) < 4.78 is 8.85. The van der Waals surface area contributed by atoms with Crippen molar-refractivity contribution >= 4 is 65.0 Å². The summed E-state index contributed by atoms with van der Waals surface area (Å²) in [5.41, 5.74) is 2.59. The first-order valence-electron chi connectivity index (χ1n) is 10.9. The fraction of sp³-hybridized carbons (Fsp3) is 0.259. The van der Waals surface area contributed by atoms with Gasteiger partial charge < -0.3 is 10.1 Å². The van der Waals surface area contributed by atoms with Crippen molar-refractivity contribution in [2.45, 2.75) is 45.6 Å². The summed E-state index contributed by atoms with van der Waals surface area (Å²) >= 11 is 8.77. The fourth-order valence-electron chi connectivity index (χ4n) is 3.48. The van der Waals surface area contributed by atoms with Gasteiger partial charge in [0.1, 0.15) is 10.8 Å². The number of aromatic nitrogens is 1. The third-order valence-electron chi connectivity index (χ3n) is 5.46. The summed E-state index contributed by atoms with van der Waals surface area (Å²) in [6.45, 7) is 10.0. The smallest absolute Gasteiger partial charge is 0.268 e. The van der Waals surface area contributed by atoms with Crippen molar-refractivity contribution in [3.63, 3.8) is 0 Å². The van der Waals surface area contributed by atoms with E-state index in [4.69, 9.17) is 9.72 Å². The number of thiazole rings is 1. The number of amides is 1. The van der Waals surface area contributed by atoms with Crippen LogP contribution >= 0.6 is 43.2 Å². The molecule has 0 unspecified atom stereocenters. The lowest BCUT2D eigenvalue weighted by Crippen LogP contribution is -2.42. The van der Waals surface area contributed by atoms with E-state index in [1.807, 2.05) is 60.7 Å². The Labute approximate surface area is 221 Å². The molecule has 34 heavy (non-hydrogen) atoms. The van der Waals surface area contributed by atoms with Crippen molar-refractivity contribution in [1.29, 1.82) is 0 Å². The Morgan fingerprint density at radius 1 is 0.971 bits per heavy atom. The van der Waals surface area contributed by atoms with Gasteiger partial charge in [-0.15, -0.1) is 11.3 Å². The predicted octanol–water partition coefficient (Wildman–Crippen LogP) is 8.58. The number of carbonyl (C=O) groups excluding carboxylic acids is 1. The second-order valence-corrected chi connectivity index (χ2v) is 12.4. The zero-order valence-electron chi connectivity index (χ0n) is 19.7. The van der Waals surface area contributed by atoms with Gasteiger partial charge in [0.25, 0.3) is 5.91 Å². The van der Waals surface area contributed by atoms with Crippen LogP contribution in [0.1, 0.15) is 40.2 Å². The molecule has 7 heteroatoms. The number of hydrogen-bond acceptors (Lipinski definition) is 4. The summed E-state index contributed by atoms with van der Waals surface area (Å²) in [4.78, 5) is 18.2. The van der Waals surface area contributed by atoms with Crippen molar-refractivity contribution in [1.82, 2.24) is 4.98 Å². The molecular formula is C27H26Br2N2O2S. The third kappa shape index (κ3) is 5.37. The van der Waals surface area contributed by atoms with Crippen LogP contribution in [-0.4, -0.2) is 16.5 Å². The van der Waals surface area contributed by atoms with Crippen LogP contribution < -0.4 is 10.1 Å². The summed E-state index contributed by atoms with van der Waals surface area (Å²) in [7, 11) is 0. The van der Waals surface area contributed by atoms with Crippen LogP contribution in [0, 0.1) is 0 Å². The molecule has 0 saturated carbocycles. The molecule has 1 amide bonds. The first-order valence-corrected chi connectivity index (χ1v) is 13.3. The summed E-state index contributed by atoms with van der Waals surface area (Å²) in [6.07, 6.45) is 0. The topological polar surface area (TPSA) is 51.2 Å². The predicted molar refractivity (Wildman–Crippen MR) is 149 cm³/mol. The van der Waals surface area contributed by atoms with E-state index in [9.17, 15) is 4.79 Å². The van der Waals surface area contributed by atoms with Gasteiger partial charge in [0, 0.05) is 14.5 Å². The molecule has 4 aromatic rings. The van der Waals surface area contributed by atoms with E-state index in [0.29, 0.717) is 11.4 Å². The molecule has 4 rings (SSSR count). The molecule has 0 saturated heterocycles. The minimum absolute atomic E-state index is 0.0519. The van der Waals surface area contributed by atoms with Gasteiger partial charge in [-0.1, -0.05) is 61.0 Å². The van der Waals surface area contributed by atoms with Crippen LogP contribution in [0.4, 0.5) is 5.69 Å². The van der Waals surface area contributed by atoms with Gasteiger partial charge in [-0.05, 0) is 77.2 Å². The number of halogens is 2. The third-order valence-corrected chi connectivity index (χ3v) is 7.61. The highest BCUT2D eigenvalue weighted by Gasteiger charge is 2.31. The molecule has 176 valence electrons. The number of ether oxygens (including phenoxy) is 1. The second kappa shape index (κ2) is 9.44. The molecule has 0 aliphatic carbocycles. The molecule has 4 nitrogen and oxygen atoms in total. The molecule has 1 heterocycles. The molecule has 0 radical (unpaired) electrons. The van der Waals surface area contributed by atoms with Crippen molar-refractivity contribution in [3.05, 3.63) is 75.2 Å². The number of benzene rings is 3. The van der Waals surface area contributed by atoms with Crippen molar-refractivity contribution in [2.24, 2.45) is 0 Å². The number of nitrogens with one attached hydrogen (secondary N) is 1. The summed E-state index contributed by atoms with van der Waals surface area (Å²) in [6, 6.07) is 19.8. The Bertz CT molecular complexity index is 1320. The number of hydrogen-bond donors (Lipinski definition) is 1. The maximum atomic E-state index is 13.4. The highest BCUT2D eigenvalue weighted by molar-refractivity contribution is 9.11. The van der Waals surface area contributed by atoms with E-state index in [1.165, 1.54) is 5.56 Å². The van der Waals surface area contributed by atoms with Crippen LogP contribution in [0.5, 0.6) is 5.75 Å². The normalized spacial score (nSPS) is 12.1. The van der Waals surface area contributed by atoms with Gasteiger partial charge in [0.2, 0.25) is 0 Å². The van der Waals surface area contributed by atoms with Crippen molar-refractivity contribution < 1.29 is 9.53 Å². The number of nitrogens with zero attached hydrogens (tertiary/aromatic N) is 1. The van der Waals surface area contributed by atoms with Gasteiger partial charge >= 0.3 is 0 Å². The van der Waals surface area contributed by atoms with Crippen LogP contribution in [0.2, 0.25) is 0 Å². The van der Waals surface area contributed by atoms with Crippen LogP contribution in [0.15, 0.2) is 69.6 Å². The van der Waals surface area contributed by atoms with Crippen LogP contribution in [-0.2, 0) is 10.2 Å². The number of fused-ring (bicyclic) bond motifs is 1. The van der Waals surface area contributed by atoms with Crippen molar-refractivity contribution in [3.8, 4) is 16.3 Å². The lowest BCUT2D eigenvalue weighted by Gasteiger charge is -2.27. The van der Waals surface area contributed by atoms with Gasteiger partial charge in [0.05, 0.1) is 15.9 Å². The molecule has 1 N–H and O–H groups in total. The Hall–Kier alpha value is -2.22. The van der Waals surface area contributed by atoms with Crippen molar-refractivity contribution in [2.75, 3.05) is 5.32 Å². The Balaban J connectivity index is 1.62. The number of anilines is 1. The lowest BCUT2D eigenvalue weighted by molar-refractivity contribution is -0.128. The number of rotatable bonds is 5. The molecule has 3 aromatic carbocycles. The highest BCUT2D eigenvalue weighted by Crippen LogP contribution is 2.41. The molecule has 0 atom stereocenters. The molecule has 0 spiro atoms. The van der Waals surface area contributed by atoms with E-state index < -0.39 is 5.60 Å². The van der Waals surface area contributed by atoms with E-state index in [1.54, 1.807) is 25.2 Å². The lowest BCUT2D eigenvalue weighted by atomic mass is 9.87. The standard InChI is InChI=1S/C27H26Br2N2O2S/c1-26(2,3)16-10-12-18(13-11-16)33-27(4,5)25(32)31-23-19(14-17(28)15-20(23)29)24-30-21-8-6-7-9-22(21)34-24/h6-15H,1-5H3,(H,31,32). The Morgan fingerprint density at radius 2 is 1.65 bits per heavy atom. The first kappa shape index (κ1) is 24.9. The second-order valence-electron chi connectivity index (χ2n) is 9.64. The largest absolute Gasteiger partial charge is 0.478 e. The van der Waals surface area contributed by atoms with Gasteiger partial charge in [-0.3, -0.25) is 4.79 Å². The fourth-order valence-corrected chi connectivity index (χ4v) is 5.80. The molecule has 0 aliphatic heterocycles. The monoisotopic (exact) mass is 600 g/mol. The molecule has 0 bridgehead atoms. The zero-order valence-corrected chi connectivity index (χ0v) is 23.7. The van der Waals surface area contributed by atoms with Crippen LogP contribution in [0.3, 0.4) is 0 Å². The molecule has 1 aromatic heterocycles. The highest BCUT2D eigenvalue weighted by atomic mass is 79.9. The summed E-state index contributed by atoms with van der Waals surface area (Å²) in [5, 5.41) is 3.91. The number of carbonyl (C=O) groups is 1. The van der Waals surface area contributed by atoms with E-state index >= 15 is 0 Å². The average molecular weight is 602 g/mol. The Morgan fingerprint density at radius 3 is 2.29 bits per heavy atom. The SMILES string of the molecule is CC(C)(Oc1ccc(C(C)(C)C)cc1)C(=O)Nc1c(Br)cc(Br)cc1-c1nc2ccccc2s1. The maximum absolute atomic E-state index is 13.4. The molecule has 0 fully saturated rings. The maximum Gasteiger partial charge on any atom is 0.268 e. The van der Waals surface area contributed by atoms with Gasteiger partial charge in [-0.2, -0.15) is 0 Å². The average Bonchev–Trinajstić information content (AvgIpc) is 3.19. The minimum Gasteiger partial charge on any atom is -0.478 e. The van der Waals surface area contributed by atoms with E-state index in [0.717, 1.165) is 29.7 Å².